The van der Waals surface area contributed by atoms with E-state index in [1.807, 2.05) is 6.08 Å². The molecule has 0 saturated carbocycles. The Morgan fingerprint density at radius 1 is 1.57 bits per heavy atom. The highest BCUT2D eigenvalue weighted by Gasteiger charge is 2.30. The van der Waals surface area contributed by atoms with Crippen LogP contribution in [0.4, 0.5) is 4.79 Å². The third-order valence-electron chi connectivity index (χ3n) is 3.00. The molecule has 0 aromatic carbocycles. The summed E-state index contributed by atoms with van der Waals surface area (Å²) in [6.07, 6.45) is 5.44. The zero-order valence-corrected chi connectivity index (χ0v) is 13.2. The summed E-state index contributed by atoms with van der Waals surface area (Å²) in [5.74, 6) is -0.0671. The number of nitrogens with one attached hydrogen (secondary N) is 1. The van der Waals surface area contributed by atoms with Crippen molar-refractivity contribution in [3.8, 4) is 0 Å². The first-order chi connectivity index (χ1) is 9.71. The Kier molecular flexibility index (Phi) is 6.00. The molecular weight excluding hydrogens is 270 g/mol. The third-order valence-corrected chi connectivity index (χ3v) is 3.00. The first-order valence-electron chi connectivity index (χ1n) is 7.20. The number of ether oxygens (including phenoxy) is 2. The smallest absolute Gasteiger partial charge is 0.408 e. The molecule has 1 rings (SSSR count). The lowest BCUT2D eigenvalue weighted by atomic mass is 9.95. The number of hydrogen-bond donors (Lipinski definition) is 1. The number of allylic oxidation sites excluding steroid dienone is 1. The van der Waals surface area contributed by atoms with Crippen molar-refractivity contribution in [3.63, 3.8) is 0 Å². The van der Waals surface area contributed by atoms with Gasteiger partial charge in [-0.05, 0) is 45.6 Å². The van der Waals surface area contributed by atoms with Crippen molar-refractivity contribution in [1.82, 2.24) is 5.32 Å². The minimum absolute atomic E-state index is 0.308. The van der Waals surface area contributed by atoms with E-state index in [9.17, 15) is 9.59 Å². The lowest BCUT2D eigenvalue weighted by Crippen LogP contribution is -2.46. The molecule has 0 aliphatic carbocycles. The Balaban J connectivity index is 2.67. The fourth-order valence-corrected chi connectivity index (χ4v) is 2.15. The SMILES string of the molecule is C=CCC(C)C[C@@H](NC(=O)OC(C)(C)C)C1C=CC(=O)O1. The molecule has 1 aliphatic rings. The zero-order valence-electron chi connectivity index (χ0n) is 13.2. The van der Waals surface area contributed by atoms with Gasteiger partial charge in [-0.2, -0.15) is 0 Å². The van der Waals surface area contributed by atoms with Crippen LogP contribution in [0.5, 0.6) is 0 Å². The predicted octanol–water partition coefficient (Wildman–Crippen LogP) is 2.96. The van der Waals surface area contributed by atoms with Gasteiger partial charge in [-0.3, -0.25) is 0 Å². The maximum absolute atomic E-state index is 11.9. The topological polar surface area (TPSA) is 64.6 Å². The summed E-state index contributed by atoms with van der Waals surface area (Å²) >= 11 is 0. The lowest BCUT2D eigenvalue weighted by molar-refractivity contribution is -0.139. The molecule has 5 nitrogen and oxygen atoms in total. The second-order valence-electron chi connectivity index (χ2n) is 6.38. The molecule has 5 heteroatoms. The van der Waals surface area contributed by atoms with Crippen LogP contribution in [0.15, 0.2) is 24.8 Å². The molecule has 118 valence electrons. The van der Waals surface area contributed by atoms with Gasteiger partial charge in [0, 0.05) is 6.08 Å². The molecule has 0 aromatic heterocycles. The summed E-state index contributed by atoms with van der Waals surface area (Å²) < 4.78 is 10.4. The van der Waals surface area contributed by atoms with E-state index in [0.717, 1.165) is 6.42 Å². The van der Waals surface area contributed by atoms with Gasteiger partial charge in [0.2, 0.25) is 0 Å². The maximum atomic E-state index is 11.9. The summed E-state index contributed by atoms with van der Waals surface area (Å²) in [4.78, 5) is 23.1. The fourth-order valence-electron chi connectivity index (χ4n) is 2.15. The Hall–Kier alpha value is -1.78. The van der Waals surface area contributed by atoms with Gasteiger partial charge in [0.05, 0.1) is 6.04 Å². The van der Waals surface area contributed by atoms with Crippen molar-refractivity contribution in [2.75, 3.05) is 0 Å². The molecule has 1 aliphatic heterocycles. The molecule has 3 atom stereocenters. The number of carbonyl (C=O) groups is 2. The van der Waals surface area contributed by atoms with Crippen molar-refractivity contribution >= 4 is 12.1 Å². The van der Waals surface area contributed by atoms with Crippen LogP contribution >= 0.6 is 0 Å². The Bertz CT molecular complexity index is 422. The van der Waals surface area contributed by atoms with E-state index >= 15 is 0 Å². The Labute approximate surface area is 126 Å². The molecule has 0 aromatic rings. The Morgan fingerprint density at radius 3 is 2.71 bits per heavy atom. The molecule has 0 radical (unpaired) electrons. The van der Waals surface area contributed by atoms with Crippen molar-refractivity contribution in [2.24, 2.45) is 5.92 Å². The molecule has 2 unspecified atom stereocenters. The van der Waals surface area contributed by atoms with Crippen LogP contribution in [0, 0.1) is 5.92 Å². The lowest BCUT2D eigenvalue weighted by Gasteiger charge is -2.27. The predicted molar refractivity (Wildman–Crippen MR) is 80.8 cm³/mol. The van der Waals surface area contributed by atoms with Gasteiger partial charge in [-0.25, -0.2) is 9.59 Å². The molecule has 1 amide bonds. The van der Waals surface area contributed by atoms with Gasteiger partial charge in [0.1, 0.15) is 11.7 Å². The van der Waals surface area contributed by atoms with Crippen LogP contribution in [-0.2, 0) is 14.3 Å². The van der Waals surface area contributed by atoms with Crippen molar-refractivity contribution in [1.29, 1.82) is 0 Å². The molecule has 0 bridgehead atoms. The highest BCUT2D eigenvalue weighted by molar-refractivity contribution is 5.84. The quantitative estimate of drug-likeness (QED) is 0.604. The van der Waals surface area contributed by atoms with E-state index in [1.165, 1.54) is 6.08 Å². The molecule has 1 N–H and O–H groups in total. The van der Waals surface area contributed by atoms with Crippen molar-refractivity contribution in [2.45, 2.75) is 58.3 Å². The van der Waals surface area contributed by atoms with E-state index in [1.54, 1.807) is 26.8 Å². The summed E-state index contributed by atoms with van der Waals surface area (Å²) in [6.45, 7) is 11.2. The minimum atomic E-state index is -0.566. The zero-order chi connectivity index (χ0) is 16.0. The first-order valence-corrected chi connectivity index (χ1v) is 7.20. The van der Waals surface area contributed by atoms with Gasteiger partial charge in [-0.15, -0.1) is 6.58 Å². The third kappa shape index (κ3) is 6.47. The number of alkyl carbamates (subject to hydrolysis) is 1. The van der Waals surface area contributed by atoms with E-state index < -0.39 is 17.8 Å². The van der Waals surface area contributed by atoms with Gasteiger partial charge in [-0.1, -0.05) is 13.0 Å². The number of esters is 1. The number of cyclic esters (lactones) is 1. The van der Waals surface area contributed by atoms with Gasteiger partial charge >= 0.3 is 12.1 Å². The average Bonchev–Trinajstić information content (AvgIpc) is 2.72. The normalized spacial score (nSPS) is 20.6. The molecule has 0 saturated heterocycles. The summed E-state index contributed by atoms with van der Waals surface area (Å²) in [7, 11) is 0. The molecular formula is C16H25NO4. The summed E-state index contributed by atoms with van der Waals surface area (Å²) in [5, 5.41) is 2.80. The largest absolute Gasteiger partial charge is 0.453 e. The average molecular weight is 295 g/mol. The summed E-state index contributed by atoms with van der Waals surface area (Å²) in [5.41, 5.74) is -0.566. The van der Waals surface area contributed by atoms with E-state index in [-0.39, 0.29) is 12.0 Å². The van der Waals surface area contributed by atoms with Crippen LogP contribution in [0.1, 0.15) is 40.5 Å². The number of amides is 1. The number of carbonyl (C=O) groups excluding carboxylic acids is 2. The molecule has 0 spiro atoms. The fraction of sp³-hybridized carbons (Fsp3) is 0.625. The molecule has 0 fully saturated rings. The summed E-state index contributed by atoms with van der Waals surface area (Å²) in [6, 6.07) is -0.308. The van der Waals surface area contributed by atoms with E-state index in [4.69, 9.17) is 9.47 Å². The number of rotatable bonds is 6. The minimum Gasteiger partial charge on any atom is -0.453 e. The van der Waals surface area contributed by atoms with E-state index in [0.29, 0.717) is 12.3 Å². The standard InChI is InChI=1S/C16H25NO4/c1-6-7-11(2)10-12(13-8-9-14(18)20-13)17-15(19)21-16(3,4)5/h6,8-9,11-13H,1,7,10H2,2-5H3,(H,17,19)/t11?,12-,13?/m1/s1. The van der Waals surface area contributed by atoms with Gasteiger partial charge < -0.3 is 14.8 Å². The van der Waals surface area contributed by atoms with Crippen LogP contribution in [-0.4, -0.2) is 29.8 Å². The van der Waals surface area contributed by atoms with Crippen molar-refractivity contribution < 1.29 is 19.1 Å². The van der Waals surface area contributed by atoms with Crippen LogP contribution in [0.2, 0.25) is 0 Å². The van der Waals surface area contributed by atoms with Crippen LogP contribution < -0.4 is 5.32 Å². The first kappa shape index (κ1) is 17.3. The highest BCUT2D eigenvalue weighted by atomic mass is 16.6. The second-order valence-corrected chi connectivity index (χ2v) is 6.38. The highest BCUT2D eigenvalue weighted by Crippen LogP contribution is 2.19. The van der Waals surface area contributed by atoms with Crippen molar-refractivity contribution in [3.05, 3.63) is 24.8 Å². The maximum Gasteiger partial charge on any atom is 0.408 e. The van der Waals surface area contributed by atoms with Gasteiger partial charge in [0.25, 0.3) is 0 Å². The monoisotopic (exact) mass is 295 g/mol. The Morgan fingerprint density at radius 2 is 2.24 bits per heavy atom. The van der Waals surface area contributed by atoms with Crippen LogP contribution in [0.25, 0.3) is 0 Å². The molecule has 1 heterocycles. The number of hydrogen-bond acceptors (Lipinski definition) is 4. The van der Waals surface area contributed by atoms with E-state index in [2.05, 4.69) is 18.8 Å². The second kappa shape index (κ2) is 7.29. The van der Waals surface area contributed by atoms with Crippen LogP contribution in [0.3, 0.4) is 0 Å². The molecule has 21 heavy (non-hydrogen) atoms. The van der Waals surface area contributed by atoms with Gasteiger partial charge in [0.15, 0.2) is 0 Å².